The molecule has 0 radical (unpaired) electrons. The number of aromatic nitrogens is 1. The molecule has 1 aromatic carbocycles. The summed E-state index contributed by atoms with van der Waals surface area (Å²) in [7, 11) is 0. The molecular formula is C24H34IN5O3. The summed E-state index contributed by atoms with van der Waals surface area (Å²) in [4.78, 5) is 22.7. The van der Waals surface area contributed by atoms with Crippen molar-refractivity contribution in [2.45, 2.75) is 39.7 Å². The van der Waals surface area contributed by atoms with Gasteiger partial charge < -0.3 is 25.4 Å². The molecule has 2 aromatic rings. The van der Waals surface area contributed by atoms with Crippen LogP contribution in [-0.2, 0) is 11.3 Å². The van der Waals surface area contributed by atoms with Crippen molar-refractivity contribution in [2.24, 2.45) is 16.6 Å². The number of nitrogens with two attached hydrogens (primary N) is 1. The van der Waals surface area contributed by atoms with E-state index in [1.54, 1.807) is 6.20 Å². The number of aliphatic imine (C=N–C) groups is 1. The highest BCUT2D eigenvalue weighted by atomic mass is 127. The summed E-state index contributed by atoms with van der Waals surface area (Å²) < 4.78 is 11.5. The highest BCUT2D eigenvalue weighted by Crippen LogP contribution is 2.30. The van der Waals surface area contributed by atoms with Crippen molar-refractivity contribution >= 4 is 35.8 Å². The molecule has 3 N–H and O–H groups in total. The number of rotatable bonds is 9. The topological polar surface area (TPSA) is 102 Å². The van der Waals surface area contributed by atoms with Crippen molar-refractivity contribution in [3.63, 3.8) is 0 Å². The first-order chi connectivity index (χ1) is 15.6. The first-order valence-corrected chi connectivity index (χ1v) is 11.2. The number of ether oxygens (including phenoxy) is 2. The van der Waals surface area contributed by atoms with E-state index in [1.165, 1.54) is 0 Å². The lowest BCUT2D eigenvalue weighted by molar-refractivity contribution is -0.119. The van der Waals surface area contributed by atoms with E-state index < -0.39 is 0 Å². The summed E-state index contributed by atoms with van der Waals surface area (Å²) in [5.41, 5.74) is 6.38. The first-order valence-electron chi connectivity index (χ1n) is 11.2. The lowest BCUT2D eigenvalue weighted by atomic mass is 9.95. The van der Waals surface area contributed by atoms with Crippen molar-refractivity contribution in [1.82, 2.24) is 15.2 Å². The van der Waals surface area contributed by atoms with E-state index in [4.69, 9.17) is 20.2 Å². The van der Waals surface area contributed by atoms with Crippen LogP contribution in [0.1, 0.15) is 38.7 Å². The van der Waals surface area contributed by atoms with Gasteiger partial charge in [0.25, 0.3) is 0 Å². The van der Waals surface area contributed by atoms with E-state index in [0.717, 1.165) is 44.0 Å². The maximum Gasteiger partial charge on any atom is 0.219 e. The molecule has 1 unspecified atom stereocenters. The van der Waals surface area contributed by atoms with Crippen LogP contribution in [0, 0.1) is 5.92 Å². The largest absolute Gasteiger partial charge is 0.490 e. The second-order valence-electron chi connectivity index (χ2n) is 7.78. The molecule has 9 heteroatoms. The summed E-state index contributed by atoms with van der Waals surface area (Å²) in [6.45, 7) is 7.55. The van der Waals surface area contributed by atoms with Gasteiger partial charge in [0.2, 0.25) is 11.8 Å². The molecule has 2 heterocycles. The van der Waals surface area contributed by atoms with Crippen LogP contribution in [0.3, 0.4) is 0 Å². The highest BCUT2D eigenvalue weighted by Gasteiger charge is 2.23. The number of para-hydroxylation sites is 2. The zero-order valence-electron chi connectivity index (χ0n) is 19.3. The van der Waals surface area contributed by atoms with Crippen LogP contribution in [0.5, 0.6) is 17.4 Å². The first kappa shape index (κ1) is 26.7. The Labute approximate surface area is 213 Å². The van der Waals surface area contributed by atoms with Crippen molar-refractivity contribution < 1.29 is 14.3 Å². The molecule has 180 valence electrons. The Morgan fingerprint density at radius 3 is 2.70 bits per heavy atom. The van der Waals surface area contributed by atoms with E-state index in [0.29, 0.717) is 37.0 Å². The molecule has 1 aliphatic rings. The Hall–Kier alpha value is -2.56. The van der Waals surface area contributed by atoms with Gasteiger partial charge in [-0.05, 0) is 50.3 Å². The van der Waals surface area contributed by atoms with Crippen LogP contribution in [0.25, 0.3) is 0 Å². The Morgan fingerprint density at radius 2 is 2.03 bits per heavy atom. The van der Waals surface area contributed by atoms with E-state index in [1.807, 2.05) is 50.2 Å². The summed E-state index contributed by atoms with van der Waals surface area (Å²) >= 11 is 0. The van der Waals surface area contributed by atoms with E-state index in [2.05, 4.69) is 15.2 Å². The molecule has 1 aromatic heterocycles. The quantitative estimate of drug-likeness (QED) is 0.271. The minimum Gasteiger partial charge on any atom is -0.490 e. The van der Waals surface area contributed by atoms with Gasteiger partial charge in [-0.2, -0.15) is 0 Å². The van der Waals surface area contributed by atoms with Crippen molar-refractivity contribution in [1.29, 1.82) is 0 Å². The number of primary amides is 1. The summed E-state index contributed by atoms with van der Waals surface area (Å²) in [6, 6.07) is 11.3. The Morgan fingerprint density at radius 1 is 1.24 bits per heavy atom. The summed E-state index contributed by atoms with van der Waals surface area (Å²) in [6.07, 6.45) is 4.25. The van der Waals surface area contributed by atoms with Crippen LogP contribution in [-0.4, -0.2) is 48.0 Å². The van der Waals surface area contributed by atoms with Gasteiger partial charge in [-0.3, -0.25) is 4.79 Å². The predicted molar refractivity (Wildman–Crippen MR) is 140 cm³/mol. The number of likely N-dealkylation sites (tertiary alicyclic amines) is 1. The molecule has 0 bridgehead atoms. The molecule has 0 spiro atoms. The average molecular weight is 567 g/mol. The molecule has 0 aliphatic carbocycles. The standard InChI is InChI=1S/C24H33N5O3.HI/c1-3-26-24(29-13-7-8-18(17-29)14-22(25)30)28-16-19-11-12-23(27-15-19)32-21-10-6-5-9-20(21)31-4-2;/h5-6,9-12,15,18H,3-4,7-8,13-14,16-17H2,1-2H3,(H2,25,30)(H,26,28);1H. The van der Waals surface area contributed by atoms with Gasteiger partial charge in [-0.15, -0.1) is 24.0 Å². The SMILES string of the molecule is CCNC(=NCc1ccc(Oc2ccccc2OCC)nc1)N1CCCC(CC(N)=O)C1.I. The fraction of sp³-hybridized carbons (Fsp3) is 0.458. The molecule has 1 atom stereocenters. The van der Waals surface area contributed by atoms with Gasteiger partial charge in [0.15, 0.2) is 17.5 Å². The van der Waals surface area contributed by atoms with Gasteiger partial charge >= 0.3 is 0 Å². The molecule has 0 saturated carbocycles. The van der Waals surface area contributed by atoms with Crippen LogP contribution in [0.15, 0.2) is 47.6 Å². The number of benzene rings is 1. The lowest BCUT2D eigenvalue weighted by Gasteiger charge is -2.34. The van der Waals surface area contributed by atoms with Gasteiger partial charge in [0, 0.05) is 38.3 Å². The third-order valence-electron chi connectivity index (χ3n) is 5.22. The molecule has 8 nitrogen and oxygen atoms in total. The van der Waals surface area contributed by atoms with Gasteiger partial charge in [-0.1, -0.05) is 18.2 Å². The zero-order chi connectivity index (χ0) is 22.8. The molecule has 1 aliphatic heterocycles. The number of hydrogen-bond acceptors (Lipinski definition) is 5. The predicted octanol–water partition coefficient (Wildman–Crippen LogP) is 3.94. The van der Waals surface area contributed by atoms with E-state index >= 15 is 0 Å². The van der Waals surface area contributed by atoms with Gasteiger partial charge in [-0.25, -0.2) is 9.98 Å². The van der Waals surface area contributed by atoms with E-state index in [9.17, 15) is 4.79 Å². The van der Waals surface area contributed by atoms with Crippen LogP contribution < -0.4 is 20.5 Å². The van der Waals surface area contributed by atoms with Gasteiger partial charge in [0.1, 0.15) is 0 Å². The third-order valence-corrected chi connectivity index (χ3v) is 5.22. The maximum atomic E-state index is 11.3. The fourth-order valence-electron chi connectivity index (χ4n) is 3.79. The number of pyridine rings is 1. The fourth-order valence-corrected chi connectivity index (χ4v) is 3.79. The Kier molecular flexibility index (Phi) is 11.2. The molecule has 1 fully saturated rings. The second kappa shape index (κ2) is 13.9. The number of nitrogens with zero attached hydrogens (tertiary/aromatic N) is 3. The number of halogens is 1. The monoisotopic (exact) mass is 567 g/mol. The molecule has 1 amide bonds. The number of nitrogens with one attached hydrogen (secondary N) is 1. The van der Waals surface area contributed by atoms with Crippen molar-refractivity contribution in [3.8, 4) is 17.4 Å². The summed E-state index contributed by atoms with van der Waals surface area (Å²) in [5, 5.41) is 3.36. The number of amides is 1. The van der Waals surface area contributed by atoms with Crippen molar-refractivity contribution in [2.75, 3.05) is 26.2 Å². The average Bonchev–Trinajstić information content (AvgIpc) is 2.79. The Balaban J connectivity index is 0.00000385. The number of carbonyl (C=O) groups is 1. The van der Waals surface area contributed by atoms with Crippen LogP contribution in [0.2, 0.25) is 0 Å². The second-order valence-corrected chi connectivity index (χ2v) is 7.78. The van der Waals surface area contributed by atoms with Gasteiger partial charge in [0.05, 0.1) is 13.2 Å². The molecular weight excluding hydrogens is 533 g/mol. The van der Waals surface area contributed by atoms with Crippen molar-refractivity contribution in [3.05, 3.63) is 48.2 Å². The van der Waals surface area contributed by atoms with Crippen LogP contribution in [0.4, 0.5) is 0 Å². The third kappa shape index (κ3) is 8.38. The summed E-state index contributed by atoms with van der Waals surface area (Å²) in [5.74, 6) is 2.73. The van der Waals surface area contributed by atoms with E-state index in [-0.39, 0.29) is 35.8 Å². The normalized spacial score (nSPS) is 16.0. The minimum atomic E-state index is -0.240. The molecule has 33 heavy (non-hydrogen) atoms. The molecule has 3 rings (SSSR count). The van der Waals surface area contributed by atoms with Crippen LogP contribution >= 0.6 is 24.0 Å². The number of piperidine rings is 1. The smallest absolute Gasteiger partial charge is 0.219 e. The molecule has 1 saturated heterocycles. The lowest BCUT2D eigenvalue weighted by Crippen LogP contribution is -2.47. The Bertz CT molecular complexity index is 907. The highest BCUT2D eigenvalue weighted by molar-refractivity contribution is 14.0. The minimum absolute atomic E-state index is 0. The number of hydrogen-bond donors (Lipinski definition) is 2. The number of carbonyl (C=O) groups excluding carboxylic acids is 1. The zero-order valence-corrected chi connectivity index (χ0v) is 21.7. The number of guanidine groups is 1. The maximum absolute atomic E-state index is 11.3.